The molecule has 2 rings (SSSR count). The van der Waals surface area contributed by atoms with Crippen molar-refractivity contribution in [2.45, 2.75) is 18.3 Å². The van der Waals surface area contributed by atoms with Gasteiger partial charge in [0.25, 0.3) is 0 Å². The van der Waals surface area contributed by atoms with Gasteiger partial charge in [-0.3, -0.25) is 4.79 Å². The Labute approximate surface area is 97.0 Å². The van der Waals surface area contributed by atoms with Crippen LogP contribution in [0.15, 0.2) is 12.1 Å². The lowest BCUT2D eigenvalue weighted by Gasteiger charge is -2.20. The fourth-order valence-electron chi connectivity index (χ4n) is 2.05. The number of halogens is 3. The SMILES string of the molecule is CN(C)C(=O)C1(c2ccc(F)c(F)c2F)CC1. The van der Waals surface area contributed by atoms with E-state index in [9.17, 15) is 18.0 Å². The van der Waals surface area contributed by atoms with Crippen LogP contribution >= 0.6 is 0 Å². The third kappa shape index (κ3) is 1.69. The maximum atomic E-state index is 13.6. The van der Waals surface area contributed by atoms with Gasteiger partial charge >= 0.3 is 0 Å². The first-order valence-electron chi connectivity index (χ1n) is 5.26. The van der Waals surface area contributed by atoms with Gasteiger partial charge in [0, 0.05) is 19.7 Å². The van der Waals surface area contributed by atoms with Gasteiger partial charge in [0.2, 0.25) is 5.91 Å². The number of hydrogen-bond donors (Lipinski definition) is 0. The highest BCUT2D eigenvalue weighted by molar-refractivity contribution is 5.91. The molecule has 92 valence electrons. The van der Waals surface area contributed by atoms with Crippen LogP contribution < -0.4 is 0 Å². The molecule has 5 heteroatoms. The van der Waals surface area contributed by atoms with E-state index in [1.165, 1.54) is 4.90 Å². The lowest BCUT2D eigenvalue weighted by Crippen LogP contribution is -2.34. The van der Waals surface area contributed by atoms with Gasteiger partial charge in [-0.05, 0) is 18.9 Å². The molecule has 1 aliphatic carbocycles. The minimum atomic E-state index is -1.51. The van der Waals surface area contributed by atoms with E-state index in [-0.39, 0.29) is 11.5 Å². The van der Waals surface area contributed by atoms with E-state index in [1.807, 2.05) is 0 Å². The summed E-state index contributed by atoms with van der Waals surface area (Å²) in [4.78, 5) is 13.3. The Balaban J connectivity index is 2.49. The fraction of sp³-hybridized carbons (Fsp3) is 0.417. The number of carbonyl (C=O) groups is 1. The molecule has 0 atom stereocenters. The van der Waals surface area contributed by atoms with Crippen molar-refractivity contribution in [3.8, 4) is 0 Å². The smallest absolute Gasteiger partial charge is 0.232 e. The summed E-state index contributed by atoms with van der Waals surface area (Å²) >= 11 is 0. The molecule has 0 radical (unpaired) electrons. The van der Waals surface area contributed by atoms with Gasteiger partial charge in [0.15, 0.2) is 17.5 Å². The standard InChI is InChI=1S/C12H12F3NO/c1-16(2)11(17)12(5-6-12)7-3-4-8(13)10(15)9(7)14/h3-4H,5-6H2,1-2H3. The molecule has 0 saturated heterocycles. The summed E-state index contributed by atoms with van der Waals surface area (Å²) in [6.07, 6.45) is 0.929. The molecule has 1 aromatic rings. The predicted octanol–water partition coefficient (Wildman–Crippen LogP) is 2.22. The van der Waals surface area contributed by atoms with Crippen molar-refractivity contribution in [2.75, 3.05) is 14.1 Å². The number of hydrogen-bond acceptors (Lipinski definition) is 1. The highest BCUT2D eigenvalue weighted by atomic mass is 19.2. The van der Waals surface area contributed by atoms with Crippen LogP contribution in [0.2, 0.25) is 0 Å². The third-order valence-corrected chi connectivity index (χ3v) is 3.12. The van der Waals surface area contributed by atoms with Crippen molar-refractivity contribution in [3.63, 3.8) is 0 Å². The van der Waals surface area contributed by atoms with Gasteiger partial charge in [-0.2, -0.15) is 0 Å². The molecule has 0 aliphatic heterocycles. The van der Waals surface area contributed by atoms with Crippen LogP contribution in [0.1, 0.15) is 18.4 Å². The van der Waals surface area contributed by atoms with Crippen molar-refractivity contribution in [3.05, 3.63) is 35.1 Å². The fourth-order valence-corrected chi connectivity index (χ4v) is 2.05. The molecule has 0 bridgehead atoms. The molecule has 0 unspecified atom stereocenters. The third-order valence-electron chi connectivity index (χ3n) is 3.12. The summed E-state index contributed by atoms with van der Waals surface area (Å²) in [5.41, 5.74) is -1.04. The van der Waals surface area contributed by atoms with Crippen molar-refractivity contribution < 1.29 is 18.0 Å². The average molecular weight is 243 g/mol. The Bertz CT molecular complexity index is 481. The molecular formula is C12H12F3NO. The molecule has 1 fully saturated rings. The monoisotopic (exact) mass is 243 g/mol. The molecule has 0 spiro atoms. The summed E-state index contributed by atoms with van der Waals surface area (Å²) in [7, 11) is 3.11. The van der Waals surface area contributed by atoms with E-state index >= 15 is 0 Å². The first-order chi connectivity index (χ1) is 7.90. The Morgan fingerprint density at radius 3 is 2.24 bits per heavy atom. The van der Waals surface area contributed by atoms with Gasteiger partial charge in [-0.1, -0.05) is 6.07 Å². The van der Waals surface area contributed by atoms with Crippen LogP contribution in [0.4, 0.5) is 13.2 Å². The Morgan fingerprint density at radius 1 is 1.18 bits per heavy atom. The van der Waals surface area contributed by atoms with Crippen LogP contribution in [0, 0.1) is 17.5 Å². The first kappa shape index (κ1) is 12.0. The zero-order valence-corrected chi connectivity index (χ0v) is 9.56. The Morgan fingerprint density at radius 2 is 1.76 bits per heavy atom. The van der Waals surface area contributed by atoms with E-state index in [1.54, 1.807) is 14.1 Å². The van der Waals surface area contributed by atoms with Gasteiger partial charge in [-0.25, -0.2) is 13.2 Å². The van der Waals surface area contributed by atoms with Gasteiger partial charge in [-0.15, -0.1) is 0 Å². The number of amides is 1. The highest BCUT2D eigenvalue weighted by Crippen LogP contribution is 2.50. The zero-order valence-electron chi connectivity index (χ0n) is 9.56. The molecule has 1 aliphatic rings. The second kappa shape index (κ2) is 3.75. The van der Waals surface area contributed by atoms with Gasteiger partial charge in [0.1, 0.15) is 0 Å². The van der Waals surface area contributed by atoms with Gasteiger partial charge < -0.3 is 4.90 Å². The van der Waals surface area contributed by atoms with E-state index in [0.29, 0.717) is 12.8 Å². The topological polar surface area (TPSA) is 20.3 Å². The van der Waals surface area contributed by atoms with Crippen LogP contribution in [0.5, 0.6) is 0 Å². The van der Waals surface area contributed by atoms with Crippen LogP contribution in [0.25, 0.3) is 0 Å². The maximum Gasteiger partial charge on any atom is 0.232 e. The second-order valence-corrected chi connectivity index (χ2v) is 4.50. The number of rotatable bonds is 2. The minimum Gasteiger partial charge on any atom is -0.348 e. The Kier molecular flexibility index (Phi) is 2.64. The van der Waals surface area contributed by atoms with E-state index in [2.05, 4.69) is 0 Å². The summed E-state index contributed by atoms with van der Waals surface area (Å²) in [5.74, 6) is -4.28. The number of benzene rings is 1. The van der Waals surface area contributed by atoms with Crippen LogP contribution in [-0.4, -0.2) is 24.9 Å². The normalized spacial score (nSPS) is 16.8. The average Bonchev–Trinajstić information content (AvgIpc) is 3.06. The quantitative estimate of drug-likeness (QED) is 0.729. The molecule has 0 aromatic heterocycles. The predicted molar refractivity (Wildman–Crippen MR) is 55.9 cm³/mol. The summed E-state index contributed by atoms with van der Waals surface area (Å²) < 4.78 is 39.6. The molecule has 1 amide bonds. The van der Waals surface area contributed by atoms with E-state index in [4.69, 9.17) is 0 Å². The first-order valence-corrected chi connectivity index (χ1v) is 5.26. The van der Waals surface area contributed by atoms with Crippen LogP contribution in [0.3, 0.4) is 0 Å². The van der Waals surface area contributed by atoms with Crippen molar-refractivity contribution in [1.82, 2.24) is 4.90 Å². The molecule has 0 heterocycles. The number of carbonyl (C=O) groups excluding carboxylic acids is 1. The molecule has 2 nitrogen and oxygen atoms in total. The lowest BCUT2D eigenvalue weighted by atomic mass is 9.93. The van der Waals surface area contributed by atoms with Crippen molar-refractivity contribution in [1.29, 1.82) is 0 Å². The molecule has 17 heavy (non-hydrogen) atoms. The number of nitrogens with zero attached hydrogens (tertiary/aromatic N) is 1. The van der Waals surface area contributed by atoms with Crippen LogP contribution in [-0.2, 0) is 10.2 Å². The largest absolute Gasteiger partial charge is 0.348 e. The van der Waals surface area contributed by atoms with E-state index < -0.39 is 22.9 Å². The zero-order chi connectivity index (χ0) is 12.8. The van der Waals surface area contributed by atoms with Crippen molar-refractivity contribution >= 4 is 5.91 Å². The maximum absolute atomic E-state index is 13.6. The molecule has 1 saturated carbocycles. The summed E-state index contributed by atoms with van der Waals surface area (Å²) in [6, 6.07) is 2.01. The number of likely N-dealkylation sites (N-methyl/N-ethyl adjacent to an activating group) is 1. The van der Waals surface area contributed by atoms with Gasteiger partial charge in [0.05, 0.1) is 5.41 Å². The summed E-state index contributed by atoms with van der Waals surface area (Å²) in [6.45, 7) is 0. The highest BCUT2D eigenvalue weighted by Gasteiger charge is 2.54. The van der Waals surface area contributed by atoms with E-state index in [0.717, 1.165) is 12.1 Å². The summed E-state index contributed by atoms with van der Waals surface area (Å²) in [5, 5.41) is 0. The molecule has 0 N–H and O–H groups in total. The molecular weight excluding hydrogens is 231 g/mol. The lowest BCUT2D eigenvalue weighted by molar-refractivity contribution is -0.131. The minimum absolute atomic E-state index is 0.0462. The Hall–Kier alpha value is -1.52. The van der Waals surface area contributed by atoms with Crippen molar-refractivity contribution in [2.24, 2.45) is 0 Å². The molecule has 1 aromatic carbocycles. The second-order valence-electron chi connectivity index (χ2n) is 4.50.